The highest BCUT2D eigenvalue weighted by molar-refractivity contribution is 9.10. The van der Waals surface area contributed by atoms with Crippen molar-refractivity contribution >= 4 is 27.9 Å². The molecule has 0 aromatic heterocycles. The maximum Gasteiger partial charge on any atom is 0.319 e. The summed E-state index contributed by atoms with van der Waals surface area (Å²) in [4.78, 5) is 23.5. The van der Waals surface area contributed by atoms with Crippen molar-refractivity contribution in [2.45, 2.75) is 25.4 Å². The third kappa shape index (κ3) is 4.91. The van der Waals surface area contributed by atoms with E-state index in [1.165, 1.54) is 0 Å². The second-order valence-corrected chi connectivity index (χ2v) is 6.42. The molecule has 0 saturated carbocycles. The molecular formula is C18H21BrN3O2+. The Bertz CT molecular complexity index is 689. The highest BCUT2D eigenvalue weighted by atomic mass is 79.9. The van der Waals surface area contributed by atoms with Gasteiger partial charge < -0.3 is 11.1 Å². The van der Waals surface area contributed by atoms with Crippen LogP contribution in [0, 0.1) is 0 Å². The van der Waals surface area contributed by atoms with Gasteiger partial charge in [-0.05, 0) is 12.1 Å². The van der Waals surface area contributed by atoms with Gasteiger partial charge >= 0.3 is 6.03 Å². The first kappa shape index (κ1) is 18.2. The van der Waals surface area contributed by atoms with Crippen molar-refractivity contribution < 1.29 is 14.9 Å². The maximum atomic E-state index is 12.4. The van der Waals surface area contributed by atoms with Gasteiger partial charge in [0.1, 0.15) is 6.04 Å². The quantitative estimate of drug-likeness (QED) is 0.706. The SMILES string of the molecule is CC[C@H]([NH2+][C@H](C(=O)NC(N)=O)c1ccccc1)c1ccc(Br)cc1. The van der Waals surface area contributed by atoms with Gasteiger partial charge in [0.2, 0.25) is 0 Å². The van der Waals surface area contributed by atoms with Crippen molar-refractivity contribution in [2.75, 3.05) is 0 Å². The summed E-state index contributed by atoms with van der Waals surface area (Å²) in [5, 5.41) is 4.16. The molecule has 0 saturated heterocycles. The molecule has 0 aliphatic rings. The molecule has 2 atom stereocenters. The van der Waals surface area contributed by atoms with Gasteiger partial charge in [-0.3, -0.25) is 10.1 Å². The van der Waals surface area contributed by atoms with Crippen LogP contribution in [0.4, 0.5) is 4.79 Å². The maximum absolute atomic E-state index is 12.4. The largest absolute Gasteiger partial charge is 0.351 e. The summed E-state index contributed by atoms with van der Waals surface area (Å²) >= 11 is 3.43. The Morgan fingerprint density at radius 3 is 2.25 bits per heavy atom. The molecule has 0 unspecified atom stereocenters. The van der Waals surface area contributed by atoms with E-state index in [2.05, 4.69) is 28.2 Å². The molecule has 0 bridgehead atoms. The number of carbonyl (C=O) groups excluding carboxylic acids is 2. The van der Waals surface area contributed by atoms with Gasteiger partial charge in [-0.25, -0.2) is 4.79 Å². The van der Waals surface area contributed by atoms with Gasteiger partial charge in [0.05, 0.1) is 0 Å². The van der Waals surface area contributed by atoms with E-state index >= 15 is 0 Å². The van der Waals surface area contributed by atoms with E-state index in [9.17, 15) is 9.59 Å². The molecule has 0 aliphatic carbocycles. The van der Waals surface area contributed by atoms with Crippen molar-refractivity contribution in [1.29, 1.82) is 0 Å². The standard InChI is InChI=1S/C18H20BrN3O2/c1-2-15(12-8-10-14(19)11-9-12)21-16(17(23)22-18(20)24)13-6-4-3-5-7-13/h3-11,15-16,21H,2H2,1H3,(H3,20,22,23,24)/p+1/t15-,16-/m0/s1. The number of hydrogen-bond donors (Lipinski definition) is 3. The first-order valence-electron chi connectivity index (χ1n) is 7.77. The normalized spacial score (nSPS) is 13.1. The van der Waals surface area contributed by atoms with Crippen LogP contribution in [0.1, 0.15) is 36.6 Å². The first-order valence-corrected chi connectivity index (χ1v) is 8.56. The summed E-state index contributed by atoms with van der Waals surface area (Å²) in [7, 11) is 0. The van der Waals surface area contributed by atoms with Crippen LogP contribution in [-0.2, 0) is 4.79 Å². The molecule has 2 aromatic rings. The van der Waals surface area contributed by atoms with Gasteiger partial charge in [0, 0.05) is 22.0 Å². The molecule has 0 fully saturated rings. The topological polar surface area (TPSA) is 88.8 Å². The predicted molar refractivity (Wildman–Crippen MR) is 96.0 cm³/mol. The molecule has 5 nitrogen and oxygen atoms in total. The van der Waals surface area contributed by atoms with Crippen molar-refractivity contribution in [3.05, 3.63) is 70.2 Å². The summed E-state index contributed by atoms with van der Waals surface area (Å²) < 4.78 is 1.01. The Morgan fingerprint density at radius 2 is 1.71 bits per heavy atom. The van der Waals surface area contributed by atoms with E-state index < -0.39 is 18.0 Å². The van der Waals surface area contributed by atoms with E-state index in [0.717, 1.165) is 22.0 Å². The molecule has 0 radical (unpaired) electrons. The molecule has 0 aliphatic heterocycles. The highest BCUT2D eigenvalue weighted by Gasteiger charge is 2.28. The molecular weight excluding hydrogens is 370 g/mol. The molecule has 0 heterocycles. The summed E-state index contributed by atoms with van der Waals surface area (Å²) in [6.07, 6.45) is 0.842. The number of halogens is 1. The van der Waals surface area contributed by atoms with Gasteiger partial charge in [-0.2, -0.15) is 0 Å². The van der Waals surface area contributed by atoms with Crippen LogP contribution < -0.4 is 16.4 Å². The number of quaternary nitrogens is 1. The molecule has 126 valence electrons. The Kier molecular flexibility index (Phi) is 6.52. The number of benzene rings is 2. The molecule has 0 spiro atoms. The van der Waals surface area contributed by atoms with Gasteiger partial charge in [0.15, 0.2) is 6.04 Å². The smallest absolute Gasteiger partial charge is 0.319 e. The number of hydrogen-bond acceptors (Lipinski definition) is 2. The number of urea groups is 1. The second-order valence-electron chi connectivity index (χ2n) is 5.50. The van der Waals surface area contributed by atoms with E-state index in [1.54, 1.807) is 0 Å². The Labute approximate surface area is 149 Å². The van der Waals surface area contributed by atoms with Crippen LogP contribution in [0.3, 0.4) is 0 Å². The fraction of sp³-hybridized carbons (Fsp3) is 0.222. The zero-order valence-corrected chi connectivity index (χ0v) is 15.0. The third-order valence-electron chi connectivity index (χ3n) is 3.85. The van der Waals surface area contributed by atoms with Gasteiger partial charge in [-0.15, -0.1) is 0 Å². The fourth-order valence-electron chi connectivity index (χ4n) is 2.63. The van der Waals surface area contributed by atoms with Crippen LogP contribution in [0.5, 0.6) is 0 Å². The third-order valence-corrected chi connectivity index (χ3v) is 4.38. The van der Waals surface area contributed by atoms with Crippen molar-refractivity contribution in [3.63, 3.8) is 0 Å². The molecule has 2 rings (SSSR count). The number of imide groups is 1. The number of rotatable bonds is 6. The lowest BCUT2D eigenvalue weighted by Gasteiger charge is -2.21. The lowest BCUT2D eigenvalue weighted by molar-refractivity contribution is -0.722. The lowest BCUT2D eigenvalue weighted by atomic mass is 10.00. The average Bonchev–Trinajstić information content (AvgIpc) is 2.57. The van der Waals surface area contributed by atoms with Crippen LogP contribution in [0.25, 0.3) is 0 Å². The van der Waals surface area contributed by atoms with E-state index in [4.69, 9.17) is 5.73 Å². The predicted octanol–water partition coefficient (Wildman–Crippen LogP) is 2.40. The van der Waals surface area contributed by atoms with E-state index in [0.29, 0.717) is 0 Å². The van der Waals surface area contributed by atoms with Crippen LogP contribution >= 0.6 is 15.9 Å². The molecule has 2 aromatic carbocycles. The van der Waals surface area contributed by atoms with Gasteiger partial charge in [-0.1, -0.05) is 65.3 Å². The Balaban J connectivity index is 2.27. The number of nitrogens with two attached hydrogens (primary N) is 2. The summed E-state index contributed by atoms with van der Waals surface area (Å²) in [6.45, 7) is 2.07. The number of carbonyl (C=O) groups is 2. The highest BCUT2D eigenvalue weighted by Crippen LogP contribution is 2.18. The minimum absolute atomic E-state index is 0.0851. The van der Waals surface area contributed by atoms with E-state index in [-0.39, 0.29) is 6.04 Å². The monoisotopic (exact) mass is 390 g/mol. The Morgan fingerprint density at radius 1 is 1.08 bits per heavy atom. The molecule has 5 N–H and O–H groups in total. The number of primary amides is 1. The summed E-state index contributed by atoms with van der Waals surface area (Å²) in [6, 6.07) is 16.1. The Hall–Kier alpha value is -2.18. The minimum atomic E-state index is -0.842. The molecule has 6 heteroatoms. The minimum Gasteiger partial charge on any atom is -0.351 e. The number of amides is 3. The van der Waals surface area contributed by atoms with Crippen LogP contribution in [0.15, 0.2) is 59.1 Å². The van der Waals surface area contributed by atoms with Gasteiger partial charge in [0.25, 0.3) is 5.91 Å². The van der Waals surface area contributed by atoms with Crippen molar-refractivity contribution in [2.24, 2.45) is 5.73 Å². The van der Waals surface area contributed by atoms with Crippen LogP contribution in [-0.4, -0.2) is 11.9 Å². The summed E-state index contributed by atoms with van der Waals surface area (Å²) in [5.74, 6) is -0.413. The summed E-state index contributed by atoms with van der Waals surface area (Å²) in [5.41, 5.74) is 7.06. The van der Waals surface area contributed by atoms with Crippen molar-refractivity contribution in [1.82, 2.24) is 5.32 Å². The molecule has 3 amide bonds. The van der Waals surface area contributed by atoms with E-state index in [1.807, 2.05) is 59.9 Å². The average molecular weight is 391 g/mol. The van der Waals surface area contributed by atoms with Crippen LogP contribution in [0.2, 0.25) is 0 Å². The second kappa shape index (κ2) is 8.61. The zero-order valence-electron chi connectivity index (χ0n) is 13.4. The fourth-order valence-corrected chi connectivity index (χ4v) is 2.90. The first-order chi connectivity index (χ1) is 11.5. The molecule has 24 heavy (non-hydrogen) atoms. The number of nitrogens with one attached hydrogen (secondary N) is 1. The van der Waals surface area contributed by atoms with Crippen molar-refractivity contribution in [3.8, 4) is 0 Å². The zero-order chi connectivity index (χ0) is 17.5. The lowest BCUT2D eigenvalue weighted by Crippen LogP contribution is -2.88.